The van der Waals surface area contributed by atoms with Gasteiger partial charge in [0, 0.05) is 19.7 Å². The van der Waals surface area contributed by atoms with Crippen molar-refractivity contribution in [3.05, 3.63) is 35.4 Å². The molecule has 1 unspecified atom stereocenters. The van der Waals surface area contributed by atoms with Crippen molar-refractivity contribution in [1.29, 1.82) is 0 Å². The molecule has 0 aliphatic rings. The van der Waals surface area contributed by atoms with E-state index in [1.165, 1.54) is 11.1 Å². The molecule has 0 heterocycles. The summed E-state index contributed by atoms with van der Waals surface area (Å²) >= 11 is 0. The van der Waals surface area contributed by atoms with Gasteiger partial charge in [0.1, 0.15) is 0 Å². The van der Waals surface area contributed by atoms with Crippen molar-refractivity contribution >= 4 is 0 Å². The first-order valence-corrected chi connectivity index (χ1v) is 6.01. The Kier molecular flexibility index (Phi) is 5.50. The Labute approximate surface area is 98.9 Å². The van der Waals surface area contributed by atoms with Crippen molar-refractivity contribution in [1.82, 2.24) is 4.90 Å². The molecule has 0 spiro atoms. The molecule has 0 aromatic heterocycles. The third-order valence-electron chi connectivity index (χ3n) is 3.11. The Morgan fingerprint density at radius 3 is 2.56 bits per heavy atom. The molecule has 0 aliphatic heterocycles. The van der Waals surface area contributed by atoms with Gasteiger partial charge in [-0.05, 0) is 37.4 Å². The van der Waals surface area contributed by atoms with Crippen LogP contribution in [-0.2, 0) is 6.54 Å². The van der Waals surface area contributed by atoms with Crippen LogP contribution in [0.5, 0.6) is 0 Å². The third kappa shape index (κ3) is 3.95. The van der Waals surface area contributed by atoms with Gasteiger partial charge >= 0.3 is 0 Å². The Bertz CT molecular complexity index is 307. The zero-order chi connectivity index (χ0) is 12.0. The van der Waals surface area contributed by atoms with Crippen molar-refractivity contribution in [3.63, 3.8) is 0 Å². The van der Waals surface area contributed by atoms with E-state index in [1.54, 1.807) is 0 Å². The number of aryl methyl sites for hydroxylation is 1. The number of rotatable bonds is 6. The molecule has 1 aromatic rings. The maximum atomic E-state index is 9.17. The molecule has 0 saturated heterocycles. The fourth-order valence-electron chi connectivity index (χ4n) is 1.90. The highest BCUT2D eigenvalue weighted by molar-refractivity contribution is 5.25. The van der Waals surface area contributed by atoms with Crippen LogP contribution in [0, 0.1) is 12.8 Å². The number of aliphatic hydroxyl groups excluding tert-OH is 1. The normalized spacial score (nSPS) is 13.1. The summed E-state index contributed by atoms with van der Waals surface area (Å²) in [7, 11) is 2.12. The van der Waals surface area contributed by atoms with Crippen molar-refractivity contribution in [2.45, 2.75) is 26.8 Å². The maximum Gasteiger partial charge on any atom is 0.0471 e. The van der Waals surface area contributed by atoms with Crippen LogP contribution in [0.4, 0.5) is 0 Å². The lowest BCUT2D eigenvalue weighted by Gasteiger charge is -2.22. The first-order chi connectivity index (χ1) is 7.67. The van der Waals surface area contributed by atoms with E-state index in [-0.39, 0.29) is 6.61 Å². The van der Waals surface area contributed by atoms with Crippen LogP contribution in [0.2, 0.25) is 0 Å². The third-order valence-corrected chi connectivity index (χ3v) is 3.11. The molecule has 90 valence electrons. The fraction of sp³-hybridized carbons (Fsp3) is 0.571. The number of hydrogen-bond acceptors (Lipinski definition) is 2. The van der Waals surface area contributed by atoms with Crippen LogP contribution in [0.15, 0.2) is 24.3 Å². The van der Waals surface area contributed by atoms with Crippen molar-refractivity contribution in [2.24, 2.45) is 5.92 Å². The minimum absolute atomic E-state index is 0.286. The van der Waals surface area contributed by atoms with Gasteiger partial charge in [0.05, 0.1) is 0 Å². The van der Waals surface area contributed by atoms with Crippen LogP contribution >= 0.6 is 0 Å². The molecule has 1 N–H and O–H groups in total. The Morgan fingerprint density at radius 1 is 1.31 bits per heavy atom. The highest BCUT2D eigenvalue weighted by Crippen LogP contribution is 2.11. The summed E-state index contributed by atoms with van der Waals surface area (Å²) in [5.41, 5.74) is 2.71. The SMILES string of the molecule is CCC(CO)CN(C)Cc1ccccc1C. The predicted octanol–water partition coefficient (Wildman–Crippen LogP) is 2.45. The molecule has 0 saturated carbocycles. The molecular formula is C14H23NO. The van der Waals surface area contributed by atoms with Gasteiger partial charge in [0.2, 0.25) is 0 Å². The first kappa shape index (κ1) is 13.2. The second-order valence-corrected chi connectivity index (χ2v) is 4.58. The number of hydrogen-bond donors (Lipinski definition) is 1. The summed E-state index contributed by atoms with van der Waals surface area (Å²) in [5, 5.41) is 9.17. The van der Waals surface area contributed by atoms with Gasteiger partial charge in [-0.1, -0.05) is 31.2 Å². The van der Waals surface area contributed by atoms with Crippen molar-refractivity contribution < 1.29 is 5.11 Å². The zero-order valence-electron chi connectivity index (χ0n) is 10.6. The number of aliphatic hydroxyl groups is 1. The van der Waals surface area contributed by atoms with E-state index in [0.717, 1.165) is 19.5 Å². The van der Waals surface area contributed by atoms with Gasteiger partial charge in [-0.2, -0.15) is 0 Å². The number of benzene rings is 1. The minimum Gasteiger partial charge on any atom is -0.396 e. The van der Waals surface area contributed by atoms with Crippen LogP contribution in [0.25, 0.3) is 0 Å². The smallest absolute Gasteiger partial charge is 0.0471 e. The lowest BCUT2D eigenvalue weighted by atomic mass is 10.1. The van der Waals surface area contributed by atoms with Gasteiger partial charge < -0.3 is 10.0 Å². The van der Waals surface area contributed by atoms with Gasteiger partial charge in [0.25, 0.3) is 0 Å². The average molecular weight is 221 g/mol. The van der Waals surface area contributed by atoms with Gasteiger partial charge in [-0.15, -0.1) is 0 Å². The molecule has 0 aliphatic carbocycles. The molecule has 0 amide bonds. The maximum absolute atomic E-state index is 9.17. The summed E-state index contributed by atoms with van der Waals surface area (Å²) in [5.74, 6) is 0.397. The van der Waals surface area contributed by atoms with E-state index in [4.69, 9.17) is 5.11 Å². The minimum atomic E-state index is 0.286. The van der Waals surface area contributed by atoms with Crippen molar-refractivity contribution in [2.75, 3.05) is 20.2 Å². The summed E-state index contributed by atoms with van der Waals surface area (Å²) in [6, 6.07) is 8.47. The van der Waals surface area contributed by atoms with Crippen LogP contribution < -0.4 is 0 Å². The van der Waals surface area contributed by atoms with Crippen LogP contribution in [-0.4, -0.2) is 30.2 Å². The molecular weight excluding hydrogens is 198 g/mol. The zero-order valence-corrected chi connectivity index (χ0v) is 10.6. The topological polar surface area (TPSA) is 23.5 Å². The van der Waals surface area contributed by atoms with E-state index < -0.39 is 0 Å². The predicted molar refractivity (Wildman–Crippen MR) is 68.4 cm³/mol. The molecule has 0 fully saturated rings. The quantitative estimate of drug-likeness (QED) is 0.797. The van der Waals surface area contributed by atoms with E-state index in [2.05, 4.69) is 50.1 Å². The van der Waals surface area contributed by atoms with Gasteiger partial charge in [-0.25, -0.2) is 0 Å². The van der Waals surface area contributed by atoms with Gasteiger partial charge in [0.15, 0.2) is 0 Å². The van der Waals surface area contributed by atoms with E-state index in [1.807, 2.05) is 0 Å². The Hall–Kier alpha value is -0.860. The summed E-state index contributed by atoms with van der Waals surface area (Å²) in [6.45, 7) is 6.48. The molecule has 0 bridgehead atoms. The highest BCUT2D eigenvalue weighted by Gasteiger charge is 2.09. The summed E-state index contributed by atoms with van der Waals surface area (Å²) in [4.78, 5) is 2.28. The van der Waals surface area contributed by atoms with E-state index in [9.17, 15) is 0 Å². The highest BCUT2D eigenvalue weighted by atomic mass is 16.3. The van der Waals surface area contributed by atoms with Crippen LogP contribution in [0.3, 0.4) is 0 Å². The molecule has 1 rings (SSSR count). The standard InChI is InChI=1S/C14H23NO/c1-4-13(11-16)9-15(3)10-14-8-6-5-7-12(14)2/h5-8,13,16H,4,9-11H2,1-3H3. The summed E-state index contributed by atoms with van der Waals surface area (Å²) in [6.07, 6.45) is 1.04. The van der Waals surface area contributed by atoms with Gasteiger partial charge in [-0.3, -0.25) is 0 Å². The second-order valence-electron chi connectivity index (χ2n) is 4.58. The first-order valence-electron chi connectivity index (χ1n) is 6.01. The molecule has 1 atom stereocenters. The second kappa shape index (κ2) is 6.66. The molecule has 0 radical (unpaired) electrons. The molecule has 16 heavy (non-hydrogen) atoms. The Balaban J connectivity index is 2.51. The summed E-state index contributed by atoms with van der Waals surface area (Å²) < 4.78 is 0. The molecule has 2 nitrogen and oxygen atoms in total. The Morgan fingerprint density at radius 2 is 2.00 bits per heavy atom. The molecule has 2 heteroatoms. The monoisotopic (exact) mass is 221 g/mol. The number of nitrogens with zero attached hydrogens (tertiary/aromatic N) is 1. The van der Waals surface area contributed by atoms with E-state index >= 15 is 0 Å². The lowest BCUT2D eigenvalue weighted by molar-refractivity contribution is 0.173. The molecule has 1 aromatic carbocycles. The van der Waals surface area contributed by atoms with Crippen LogP contribution in [0.1, 0.15) is 24.5 Å². The average Bonchev–Trinajstić information content (AvgIpc) is 2.29. The largest absolute Gasteiger partial charge is 0.396 e. The van der Waals surface area contributed by atoms with Crippen molar-refractivity contribution in [3.8, 4) is 0 Å². The lowest BCUT2D eigenvalue weighted by Crippen LogP contribution is -2.27. The fourth-order valence-corrected chi connectivity index (χ4v) is 1.90. The van der Waals surface area contributed by atoms with E-state index in [0.29, 0.717) is 5.92 Å².